The second-order valence-electron chi connectivity index (χ2n) is 2.66. The molecule has 0 spiro atoms. The molecule has 0 aromatic carbocycles. The van der Waals surface area contributed by atoms with Crippen LogP contribution < -0.4 is 0 Å². The minimum Gasteiger partial charge on any atom is -0.395 e. The summed E-state index contributed by atoms with van der Waals surface area (Å²) in [6.07, 6.45) is 1.22. The lowest BCUT2D eigenvalue weighted by Gasteiger charge is -2.40. The summed E-state index contributed by atoms with van der Waals surface area (Å²) in [4.78, 5) is 2.24. The summed E-state index contributed by atoms with van der Waals surface area (Å²) in [6, 6.07) is 0.567. The first-order chi connectivity index (χ1) is 4.88. The molecule has 3 nitrogen and oxygen atoms in total. The molecular weight excluding hydrogens is 130 g/mol. The van der Waals surface area contributed by atoms with Crippen LogP contribution >= 0.6 is 0 Å². The standard InChI is InChI=1S/C7H15NO2/c1-10-6-7-2-3-8(7)4-5-9/h7,9H,2-6H2,1H3. The first kappa shape index (κ1) is 7.98. The highest BCUT2D eigenvalue weighted by Crippen LogP contribution is 2.15. The second-order valence-corrected chi connectivity index (χ2v) is 2.66. The Hall–Kier alpha value is -0.120. The van der Waals surface area contributed by atoms with E-state index in [1.165, 1.54) is 6.42 Å². The van der Waals surface area contributed by atoms with Gasteiger partial charge in [0.15, 0.2) is 0 Å². The van der Waals surface area contributed by atoms with Gasteiger partial charge in [-0.15, -0.1) is 0 Å². The first-order valence-corrected chi connectivity index (χ1v) is 3.72. The van der Waals surface area contributed by atoms with E-state index in [0.717, 1.165) is 19.7 Å². The van der Waals surface area contributed by atoms with Gasteiger partial charge >= 0.3 is 0 Å². The van der Waals surface area contributed by atoms with Crippen molar-refractivity contribution < 1.29 is 9.84 Å². The Labute approximate surface area is 61.6 Å². The van der Waals surface area contributed by atoms with Crippen LogP contribution in [0.25, 0.3) is 0 Å². The number of nitrogens with zero attached hydrogens (tertiary/aromatic N) is 1. The maximum atomic E-state index is 8.61. The number of rotatable bonds is 4. The van der Waals surface area contributed by atoms with Crippen LogP contribution in [0.3, 0.4) is 0 Å². The average Bonchev–Trinajstić information content (AvgIpc) is 1.93. The Kier molecular flexibility index (Phi) is 3.12. The molecule has 0 amide bonds. The van der Waals surface area contributed by atoms with E-state index in [1.54, 1.807) is 7.11 Å². The van der Waals surface area contributed by atoms with Crippen molar-refractivity contribution in [3.05, 3.63) is 0 Å². The molecule has 0 bridgehead atoms. The maximum absolute atomic E-state index is 8.61. The van der Waals surface area contributed by atoms with E-state index in [0.29, 0.717) is 6.04 Å². The Bertz CT molecular complexity index is 85.6. The van der Waals surface area contributed by atoms with Gasteiger partial charge in [-0.25, -0.2) is 0 Å². The van der Waals surface area contributed by atoms with Gasteiger partial charge in [-0.1, -0.05) is 0 Å². The van der Waals surface area contributed by atoms with Crippen LogP contribution in [0.1, 0.15) is 6.42 Å². The van der Waals surface area contributed by atoms with Crippen LogP contribution in [0.2, 0.25) is 0 Å². The highest BCUT2D eigenvalue weighted by molar-refractivity contribution is 4.81. The largest absolute Gasteiger partial charge is 0.395 e. The fraction of sp³-hybridized carbons (Fsp3) is 1.00. The molecule has 1 heterocycles. The average molecular weight is 145 g/mol. The smallest absolute Gasteiger partial charge is 0.0618 e. The Morgan fingerprint density at radius 2 is 2.50 bits per heavy atom. The van der Waals surface area contributed by atoms with E-state index in [2.05, 4.69) is 4.90 Å². The molecular formula is C7H15NO2. The number of ether oxygens (including phenoxy) is 1. The highest BCUT2D eigenvalue weighted by atomic mass is 16.5. The van der Waals surface area contributed by atoms with E-state index in [1.807, 2.05) is 0 Å². The summed E-state index contributed by atoms with van der Waals surface area (Å²) in [5.41, 5.74) is 0. The van der Waals surface area contributed by atoms with Crippen LogP contribution in [0, 0.1) is 0 Å². The molecule has 1 aliphatic rings. The number of β-amino-alcohol motifs (C(OH)–C–C–N with tert-alkyl or cyclic N) is 1. The van der Waals surface area contributed by atoms with E-state index in [4.69, 9.17) is 9.84 Å². The zero-order valence-corrected chi connectivity index (χ0v) is 6.42. The van der Waals surface area contributed by atoms with Crippen LogP contribution in [-0.2, 0) is 4.74 Å². The fourth-order valence-electron chi connectivity index (χ4n) is 1.30. The zero-order chi connectivity index (χ0) is 7.40. The monoisotopic (exact) mass is 145 g/mol. The predicted molar refractivity (Wildman–Crippen MR) is 38.9 cm³/mol. The van der Waals surface area contributed by atoms with Gasteiger partial charge in [0.25, 0.3) is 0 Å². The number of hydrogen-bond acceptors (Lipinski definition) is 3. The third-order valence-electron chi connectivity index (χ3n) is 2.01. The fourth-order valence-corrected chi connectivity index (χ4v) is 1.30. The number of methoxy groups -OCH3 is 1. The van der Waals surface area contributed by atoms with Gasteiger partial charge in [-0.05, 0) is 6.42 Å². The summed E-state index contributed by atoms with van der Waals surface area (Å²) >= 11 is 0. The lowest BCUT2D eigenvalue weighted by Crippen LogP contribution is -2.51. The molecule has 0 aromatic heterocycles. The topological polar surface area (TPSA) is 32.7 Å². The highest BCUT2D eigenvalue weighted by Gasteiger charge is 2.26. The second kappa shape index (κ2) is 3.91. The van der Waals surface area contributed by atoms with Gasteiger partial charge in [0.1, 0.15) is 0 Å². The summed E-state index contributed by atoms with van der Waals surface area (Å²) in [6.45, 7) is 2.99. The molecule has 0 aliphatic carbocycles. The lowest BCUT2D eigenvalue weighted by atomic mass is 10.0. The third kappa shape index (κ3) is 1.68. The van der Waals surface area contributed by atoms with Crippen molar-refractivity contribution >= 4 is 0 Å². The summed E-state index contributed by atoms with van der Waals surface area (Å²) in [5.74, 6) is 0. The quantitative estimate of drug-likeness (QED) is 0.589. The van der Waals surface area contributed by atoms with Crippen LogP contribution in [0.4, 0.5) is 0 Å². The maximum Gasteiger partial charge on any atom is 0.0618 e. The molecule has 60 valence electrons. The van der Waals surface area contributed by atoms with Crippen molar-refractivity contribution in [2.75, 3.05) is 33.4 Å². The van der Waals surface area contributed by atoms with Crippen molar-refractivity contribution in [2.24, 2.45) is 0 Å². The molecule has 3 heteroatoms. The summed E-state index contributed by atoms with van der Waals surface area (Å²) < 4.78 is 5.00. The van der Waals surface area contributed by atoms with E-state index >= 15 is 0 Å². The third-order valence-corrected chi connectivity index (χ3v) is 2.01. The van der Waals surface area contributed by atoms with Crippen molar-refractivity contribution in [2.45, 2.75) is 12.5 Å². The number of aliphatic hydroxyl groups excluding tert-OH is 1. The molecule has 10 heavy (non-hydrogen) atoms. The minimum absolute atomic E-state index is 0.264. The summed E-state index contributed by atoms with van der Waals surface area (Å²) in [7, 11) is 1.72. The van der Waals surface area contributed by atoms with Gasteiger partial charge in [-0.2, -0.15) is 0 Å². The molecule has 0 radical (unpaired) electrons. The van der Waals surface area contributed by atoms with Gasteiger partial charge < -0.3 is 9.84 Å². The van der Waals surface area contributed by atoms with Gasteiger partial charge in [-0.3, -0.25) is 4.90 Å². The SMILES string of the molecule is COCC1CCN1CCO. The normalized spacial score (nSPS) is 26.4. The Balaban J connectivity index is 2.09. The zero-order valence-electron chi connectivity index (χ0n) is 6.42. The van der Waals surface area contributed by atoms with Gasteiger partial charge in [0.05, 0.1) is 13.2 Å². The van der Waals surface area contributed by atoms with Crippen LogP contribution in [0.5, 0.6) is 0 Å². The molecule has 1 saturated heterocycles. The summed E-state index contributed by atoms with van der Waals surface area (Å²) in [5, 5.41) is 8.61. The molecule has 1 rings (SSSR count). The van der Waals surface area contributed by atoms with Crippen LogP contribution in [0.15, 0.2) is 0 Å². The minimum atomic E-state index is 0.264. The molecule has 0 saturated carbocycles. The predicted octanol–water partition coefficient (Wildman–Crippen LogP) is -0.301. The Morgan fingerprint density at radius 1 is 1.70 bits per heavy atom. The molecule has 1 fully saturated rings. The van der Waals surface area contributed by atoms with Crippen molar-refractivity contribution in [3.63, 3.8) is 0 Å². The Morgan fingerprint density at radius 3 is 2.90 bits per heavy atom. The number of aliphatic hydroxyl groups is 1. The molecule has 1 N–H and O–H groups in total. The van der Waals surface area contributed by atoms with Crippen LogP contribution in [-0.4, -0.2) is 49.5 Å². The molecule has 1 atom stereocenters. The molecule has 0 aromatic rings. The van der Waals surface area contributed by atoms with Crippen molar-refractivity contribution in [1.29, 1.82) is 0 Å². The van der Waals surface area contributed by atoms with Gasteiger partial charge in [0, 0.05) is 26.2 Å². The first-order valence-electron chi connectivity index (χ1n) is 3.72. The number of hydrogen-bond donors (Lipinski definition) is 1. The van der Waals surface area contributed by atoms with Crippen molar-refractivity contribution in [3.8, 4) is 0 Å². The number of likely N-dealkylation sites (tertiary alicyclic amines) is 1. The lowest BCUT2D eigenvalue weighted by molar-refractivity contribution is 0.0134. The van der Waals surface area contributed by atoms with E-state index in [-0.39, 0.29) is 6.61 Å². The van der Waals surface area contributed by atoms with E-state index in [9.17, 15) is 0 Å². The van der Waals surface area contributed by atoms with Crippen molar-refractivity contribution in [1.82, 2.24) is 4.90 Å². The van der Waals surface area contributed by atoms with E-state index < -0.39 is 0 Å². The molecule has 1 unspecified atom stereocenters. The molecule has 1 aliphatic heterocycles. The van der Waals surface area contributed by atoms with Gasteiger partial charge in [0.2, 0.25) is 0 Å².